The molecule has 1 fully saturated rings. The zero-order valence-corrected chi connectivity index (χ0v) is 22.1. The topological polar surface area (TPSA) is 67.6 Å². The summed E-state index contributed by atoms with van der Waals surface area (Å²) in [4.78, 5) is 20.1. The van der Waals surface area contributed by atoms with Crippen molar-refractivity contribution >= 4 is 16.9 Å². The molecule has 2 heterocycles. The van der Waals surface area contributed by atoms with Gasteiger partial charge in [-0.15, -0.1) is 0 Å². The highest BCUT2D eigenvalue weighted by Crippen LogP contribution is 2.30. The van der Waals surface area contributed by atoms with Crippen LogP contribution in [0.25, 0.3) is 22.2 Å². The molecule has 1 N–H and O–H groups in total. The van der Waals surface area contributed by atoms with Crippen LogP contribution in [0, 0.1) is 0 Å². The molecule has 1 aromatic heterocycles. The number of para-hydroxylation sites is 2. The highest BCUT2D eigenvalue weighted by molar-refractivity contribution is 5.77. The Bertz CT molecular complexity index is 1330. The van der Waals surface area contributed by atoms with E-state index in [0.717, 1.165) is 60.3 Å². The first kappa shape index (κ1) is 26.1. The molecule has 0 aliphatic carbocycles. The molecule has 198 valence electrons. The van der Waals surface area contributed by atoms with Gasteiger partial charge in [0.25, 0.3) is 0 Å². The second-order valence-electron chi connectivity index (χ2n) is 10.3. The van der Waals surface area contributed by atoms with Crippen LogP contribution in [0.1, 0.15) is 43.0 Å². The third-order valence-corrected chi connectivity index (χ3v) is 7.50. The SMILES string of the molecule is COCCCn1c(C2CCCN(C(=O)CC(O)Cc3ccc(-c4ccccc4)cc3)C2)nc2ccccc21. The van der Waals surface area contributed by atoms with E-state index >= 15 is 0 Å². The summed E-state index contributed by atoms with van der Waals surface area (Å²) in [5, 5.41) is 10.8. The van der Waals surface area contributed by atoms with E-state index in [1.54, 1.807) is 7.11 Å². The maximum absolute atomic E-state index is 13.2. The number of ether oxygens (including phenoxy) is 1. The smallest absolute Gasteiger partial charge is 0.225 e. The summed E-state index contributed by atoms with van der Waals surface area (Å²) >= 11 is 0. The van der Waals surface area contributed by atoms with Crippen molar-refractivity contribution in [2.75, 3.05) is 26.8 Å². The Balaban J connectivity index is 1.21. The van der Waals surface area contributed by atoms with Crippen LogP contribution < -0.4 is 0 Å². The van der Waals surface area contributed by atoms with Crippen molar-refractivity contribution in [2.45, 2.75) is 50.7 Å². The Morgan fingerprint density at radius 1 is 1.03 bits per heavy atom. The van der Waals surface area contributed by atoms with Gasteiger partial charge in [-0.1, -0.05) is 66.7 Å². The predicted octanol–water partition coefficient (Wildman–Crippen LogP) is 5.44. The third-order valence-electron chi connectivity index (χ3n) is 7.50. The Hall–Kier alpha value is -3.48. The minimum Gasteiger partial charge on any atom is -0.392 e. The standard InChI is InChI=1S/C32H37N3O3/c1-38-20-8-19-35-30-13-6-5-12-29(30)33-32(35)27-11-7-18-34(23-27)31(37)22-28(36)21-24-14-16-26(17-15-24)25-9-3-2-4-10-25/h2-6,9-10,12-17,27-28,36H,7-8,11,18-23H2,1H3. The number of fused-ring (bicyclic) bond motifs is 1. The number of rotatable bonds is 10. The van der Waals surface area contributed by atoms with Gasteiger partial charge in [0.2, 0.25) is 5.91 Å². The predicted molar refractivity (Wildman–Crippen MR) is 151 cm³/mol. The van der Waals surface area contributed by atoms with Gasteiger partial charge in [0.15, 0.2) is 0 Å². The number of aliphatic hydroxyl groups excluding tert-OH is 1. The number of methoxy groups -OCH3 is 1. The molecule has 0 radical (unpaired) electrons. The maximum atomic E-state index is 13.2. The monoisotopic (exact) mass is 511 g/mol. The fourth-order valence-corrected chi connectivity index (χ4v) is 5.56. The number of aryl methyl sites for hydroxylation is 1. The van der Waals surface area contributed by atoms with E-state index < -0.39 is 6.10 Å². The van der Waals surface area contributed by atoms with Gasteiger partial charge in [0.1, 0.15) is 5.82 Å². The molecule has 6 nitrogen and oxygen atoms in total. The Labute approximate surface area is 224 Å². The second kappa shape index (κ2) is 12.4. The number of benzene rings is 3. The third kappa shape index (κ3) is 6.14. The van der Waals surface area contributed by atoms with Crippen LogP contribution in [0.4, 0.5) is 0 Å². The van der Waals surface area contributed by atoms with E-state index in [9.17, 15) is 9.90 Å². The lowest BCUT2D eigenvalue weighted by molar-refractivity contribution is -0.134. The Morgan fingerprint density at radius 2 is 1.76 bits per heavy atom. The van der Waals surface area contributed by atoms with Crippen LogP contribution in [-0.4, -0.2) is 58.4 Å². The van der Waals surface area contributed by atoms with Crippen LogP contribution in [0.5, 0.6) is 0 Å². The number of likely N-dealkylation sites (tertiary alicyclic amines) is 1. The van der Waals surface area contributed by atoms with Gasteiger partial charge >= 0.3 is 0 Å². The largest absolute Gasteiger partial charge is 0.392 e. The molecule has 0 saturated carbocycles. The van der Waals surface area contributed by atoms with Crippen molar-refractivity contribution in [2.24, 2.45) is 0 Å². The van der Waals surface area contributed by atoms with Gasteiger partial charge in [-0.3, -0.25) is 4.79 Å². The number of hydrogen-bond acceptors (Lipinski definition) is 4. The molecule has 0 spiro atoms. The second-order valence-corrected chi connectivity index (χ2v) is 10.3. The normalized spacial score (nSPS) is 16.6. The zero-order chi connectivity index (χ0) is 26.3. The lowest BCUT2D eigenvalue weighted by atomic mass is 9.96. The van der Waals surface area contributed by atoms with E-state index in [1.807, 2.05) is 47.4 Å². The van der Waals surface area contributed by atoms with Crippen molar-refractivity contribution in [3.8, 4) is 11.1 Å². The highest BCUT2D eigenvalue weighted by Gasteiger charge is 2.29. The minimum atomic E-state index is -0.705. The van der Waals surface area contributed by atoms with Gasteiger partial charge in [-0.25, -0.2) is 4.98 Å². The highest BCUT2D eigenvalue weighted by atomic mass is 16.5. The molecule has 1 aliphatic heterocycles. The number of hydrogen-bond donors (Lipinski definition) is 1. The summed E-state index contributed by atoms with van der Waals surface area (Å²) in [5.74, 6) is 1.26. The van der Waals surface area contributed by atoms with Gasteiger partial charge in [0.05, 0.1) is 23.6 Å². The number of aliphatic hydroxyl groups is 1. The molecular weight excluding hydrogens is 474 g/mol. The molecule has 2 atom stereocenters. The average Bonchev–Trinajstić information content (AvgIpc) is 3.33. The van der Waals surface area contributed by atoms with E-state index in [1.165, 1.54) is 5.56 Å². The van der Waals surface area contributed by atoms with Crippen LogP contribution in [0.2, 0.25) is 0 Å². The summed E-state index contributed by atoms with van der Waals surface area (Å²) in [6.45, 7) is 2.92. The van der Waals surface area contributed by atoms with Crippen molar-refractivity contribution in [3.63, 3.8) is 0 Å². The number of carbonyl (C=O) groups excluding carboxylic acids is 1. The molecule has 1 amide bonds. The lowest BCUT2D eigenvalue weighted by Gasteiger charge is -2.33. The average molecular weight is 512 g/mol. The number of amides is 1. The molecule has 3 aromatic carbocycles. The van der Waals surface area contributed by atoms with Crippen LogP contribution in [0.3, 0.4) is 0 Å². The van der Waals surface area contributed by atoms with Crippen molar-refractivity contribution in [3.05, 3.63) is 90.3 Å². The number of nitrogens with zero attached hydrogens (tertiary/aromatic N) is 3. The van der Waals surface area contributed by atoms with Crippen LogP contribution >= 0.6 is 0 Å². The number of aromatic nitrogens is 2. The first-order valence-corrected chi connectivity index (χ1v) is 13.7. The summed E-state index contributed by atoms with van der Waals surface area (Å²) < 4.78 is 7.59. The van der Waals surface area contributed by atoms with E-state index in [0.29, 0.717) is 19.6 Å². The molecule has 2 unspecified atom stereocenters. The van der Waals surface area contributed by atoms with E-state index in [2.05, 4.69) is 41.0 Å². The maximum Gasteiger partial charge on any atom is 0.225 e. The van der Waals surface area contributed by atoms with Gasteiger partial charge in [-0.05, 0) is 54.5 Å². The van der Waals surface area contributed by atoms with Crippen molar-refractivity contribution < 1.29 is 14.6 Å². The molecular formula is C32H37N3O3. The van der Waals surface area contributed by atoms with E-state index in [-0.39, 0.29) is 18.2 Å². The number of carbonyl (C=O) groups is 1. The molecule has 1 aliphatic rings. The fourth-order valence-electron chi connectivity index (χ4n) is 5.56. The van der Waals surface area contributed by atoms with Crippen molar-refractivity contribution in [1.29, 1.82) is 0 Å². The van der Waals surface area contributed by atoms with Gasteiger partial charge < -0.3 is 19.3 Å². The molecule has 38 heavy (non-hydrogen) atoms. The summed E-state index contributed by atoms with van der Waals surface area (Å²) in [7, 11) is 1.73. The van der Waals surface area contributed by atoms with Gasteiger partial charge in [0, 0.05) is 39.3 Å². The molecule has 6 heteroatoms. The van der Waals surface area contributed by atoms with Gasteiger partial charge in [-0.2, -0.15) is 0 Å². The first-order valence-electron chi connectivity index (χ1n) is 13.7. The summed E-state index contributed by atoms with van der Waals surface area (Å²) in [6, 6.07) is 26.7. The minimum absolute atomic E-state index is 0.0187. The molecule has 5 rings (SSSR count). The Kier molecular flexibility index (Phi) is 8.51. The quantitative estimate of drug-likeness (QED) is 0.288. The van der Waals surface area contributed by atoms with E-state index in [4.69, 9.17) is 9.72 Å². The summed E-state index contributed by atoms with van der Waals surface area (Å²) in [5.41, 5.74) is 5.48. The number of piperidine rings is 1. The fraction of sp³-hybridized carbons (Fsp3) is 0.375. The Morgan fingerprint density at radius 3 is 2.55 bits per heavy atom. The van der Waals surface area contributed by atoms with Crippen LogP contribution in [0.15, 0.2) is 78.9 Å². The van der Waals surface area contributed by atoms with Crippen molar-refractivity contribution in [1.82, 2.24) is 14.5 Å². The zero-order valence-electron chi connectivity index (χ0n) is 22.1. The first-order chi connectivity index (χ1) is 18.6. The summed E-state index contributed by atoms with van der Waals surface area (Å²) in [6.07, 6.45) is 2.76. The molecule has 0 bridgehead atoms. The molecule has 4 aromatic rings. The lowest BCUT2D eigenvalue weighted by Crippen LogP contribution is -2.41. The van der Waals surface area contributed by atoms with Crippen LogP contribution in [-0.2, 0) is 22.5 Å². The number of imidazole rings is 1. The molecule has 1 saturated heterocycles.